The lowest BCUT2D eigenvalue weighted by Crippen LogP contribution is -2.38. The molecule has 0 aromatic carbocycles. The van der Waals surface area contributed by atoms with Gasteiger partial charge in [-0.2, -0.15) is 5.10 Å². The number of carboxylic acid groups (broad SMARTS) is 1. The first-order valence-corrected chi connectivity index (χ1v) is 6.31. The van der Waals surface area contributed by atoms with Crippen LogP contribution in [0.1, 0.15) is 36.2 Å². The molecule has 1 aromatic heterocycles. The van der Waals surface area contributed by atoms with E-state index >= 15 is 0 Å². The summed E-state index contributed by atoms with van der Waals surface area (Å²) in [6, 6.07) is 0.138. The van der Waals surface area contributed by atoms with E-state index in [0.717, 1.165) is 0 Å². The highest BCUT2D eigenvalue weighted by atomic mass is 16.5. The zero-order valence-electron chi connectivity index (χ0n) is 10.8. The molecule has 0 aliphatic carbocycles. The van der Waals surface area contributed by atoms with Gasteiger partial charge in [0.25, 0.3) is 0 Å². The van der Waals surface area contributed by atoms with Crippen LogP contribution in [0.15, 0.2) is 12.4 Å². The van der Waals surface area contributed by atoms with Gasteiger partial charge in [0.15, 0.2) is 0 Å². The van der Waals surface area contributed by atoms with Crippen molar-refractivity contribution in [2.24, 2.45) is 0 Å². The van der Waals surface area contributed by atoms with Crippen LogP contribution in [-0.2, 0) is 4.74 Å². The quantitative estimate of drug-likeness (QED) is 0.836. The highest BCUT2D eigenvalue weighted by Crippen LogP contribution is 2.22. The average Bonchev–Trinajstić information content (AvgIpc) is 2.89. The molecule has 0 atom stereocenters. The Bertz CT molecular complexity index is 463. The summed E-state index contributed by atoms with van der Waals surface area (Å²) in [7, 11) is 0. The Morgan fingerprint density at radius 1 is 1.47 bits per heavy atom. The fourth-order valence-corrected chi connectivity index (χ4v) is 2.18. The van der Waals surface area contributed by atoms with Gasteiger partial charge >= 0.3 is 12.1 Å². The summed E-state index contributed by atoms with van der Waals surface area (Å²) < 4.78 is 6.63. The second-order valence-electron chi connectivity index (χ2n) is 4.43. The number of carbonyl (C=O) groups excluding carboxylic acids is 1. The molecule has 0 unspecified atom stereocenters. The molecule has 7 nitrogen and oxygen atoms in total. The number of amides is 1. The van der Waals surface area contributed by atoms with Gasteiger partial charge in [-0.15, -0.1) is 0 Å². The first kappa shape index (κ1) is 13.4. The number of likely N-dealkylation sites (tertiary alicyclic amines) is 1. The summed E-state index contributed by atoms with van der Waals surface area (Å²) in [5, 5.41) is 13.0. The Hall–Kier alpha value is -2.05. The monoisotopic (exact) mass is 267 g/mol. The van der Waals surface area contributed by atoms with Crippen LogP contribution in [0.2, 0.25) is 0 Å². The van der Waals surface area contributed by atoms with Gasteiger partial charge in [0.05, 0.1) is 24.4 Å². The number of hydrogen-bond acceptors (Lipinski definition) is 4. The van der Waals surface area contributed by atoms with Crippen molar-refractivity contribution < 1.29 is 19.4 Å². The van der Waals surface area contributed by atoms with Crippen molar-refractivity contribution in [3.8, 4) is 0 Å². The van der Waals surface area contributed by atoms with Gasteiger partial charge in [-0.3, -0.25) is 4.68 Å². The highest BCUT2D eigenvalue weighted by molar-refractivity contribution is 5.88. The molecule has 1 fully saturated rings. The zero-order valence-corrected chi connectivity index (χ0v) is 10.8. The van der Waals surface area contributed by atoms with Crippen LogP contribution in [0.25, 0.3) is 0 Å². The second kappa shape index (κ2) is 5.73. The molecule has 1 N–H and O–H groups in total. The molecule has 1 aliphatic heterocycles. The Labute approximate surface area is 110 Å². The molecule has 0 saturated carbocycles. The second-order valence-corrected chi connectivity index (χ2v) is 4.43. The molecule has 1 aliphatic rings. The standard InChI is InChI=1S/C12H17N3O4/c1-2-19-11(16)9-7-13-15(8-9)10-3-5-14(6-4-10)12(17)18/h7-8,10H,2-6H2,1H3,(H,17,18). The summed E-state index contributed by atoms with van der Waals surface area (Å²) in [6.45, 7) is 3.08. The van der Waals surface area contributed by atoms with Gasteiger partial charge in [-0.05, 0) is 19.8 Å². The normalized spacial score (nSPS) is 16.4. The van der Waals surface area contributed by atoms with Gasteiger partial charge in [-0.25, -0.2) is 9.59 Å². The molecule has 0 radical (unpaired) electrons. The molecule has 7 heteroatoms. The van der Waals surface area contributed by atoms with Crippen molar-refractivity contribution in [1.82, 2.24) is 14.7 Å². The van der Waals surface area contributed by atoms with Crippen molar-refractivity contribution >= 4 is 12.1 Å². The van der Waals surface area contributed by atoms with Crippen molar-refractivity contribution in [1.29, 1.82) is 0 Å². The Kier molecular flexibility index (Phi) is 4.03. The molecule has 1 aromatic rings. The minimum atomic E-state index is -0.883. The SMILES string of the molecule is CCOC(=O)c1cnn(C2CCN(C(=O)O)CC2)c1. The number of aromatic nitrogens is 2. The van der Waals surface area contributed by atoms with Crippen LogP contribution in [0.3, 0.4) is 0 Å². The van der Waals surface area contributed by atoms with Crippen LogP contribution < -0.4 is 0 Å². The van der Waals surface area contributed by atoms with E-state index in [0.29, 0.717) is 38.1 Å². The number of carbonyl (C=O) groups is 2. The van der Waals surface area contributed by atoms with Crippen molar-refractivity contribution in [3.63, 3.8) is 0 Å². The van der Waals surface area contributed by atoms with Gasteiger partial charge in [0.2, 0.25) is 0 Å². The van der Waals surface area contributed by atoms with Gasteiger partial charge in [0.1, 0.15) is 0 Å². The number of rotatable bonds is 3. The third-order valence-corrected chi connectivity index (χ3v) is 3.22. The maximum atomic E-state index is 11.5. The molecule has 1 amide bonds. The highest BCUT2D eigenvalue weighted by Gasteiger charge is 2.24. The van der Waals surface area contributed by atoms with E-state index in [1.807, 2.05) is 0 Å². The third-order valence-electron chi connectivity index (χ3n) is 3.22. The van der Waals surface area contributed by atoms with Crippen LogP contribution in [0.5, 0.6) is 0 Å². The molecule has 0 bridgehead atoms. The summed E-state index contributed by atoms with van der Waals surface area (Å²) >= 11 is 0. The maximum absolute atomic E-state index is 11.5. The summed E-state index contributed by atoms with van der Waals surface area (Å²) in [5.41, 5.74) is 0.433. The van der Waals surface area contributed by atoms with Crippen LogP contribution in [-0.4, -0.2) is 51.5 Å². The first-order valence-electron chi connectivity index (χ1n) is 6.31. The first-order chi connectivity index (χ1) is 9.11. The minimum Gasteiger partial charge on any atom is -0.465 e. The third kappa shape index (κ3) is 3.04. The predicted molar refractivity (Wildman–Crippen MR) is 66.1 cm³/mol. The van der Waals surface area contributed by atoms with Gasteiger partial charge in [0, 0.05) is 19.3 Å². The lowest BCUT2D eigenvalue weighted by Gasteiger charge is -2.29. The zero-order chi connectivity index (χ0) is 13.8. The van der Waals surface area contributed by atoms with E-state index in [4.69, 9.17) is 9.84 Å². The van der Waals surface area contributed by atoms with E-state index in [-0.39, 0.29) is 12.0 Å². The van der Waals surface area contributed by atoms with Gasteiger partial charge < -0.3 is 14.7 Å². The van der Waals surface area contributed by atoms with Crippen molar-refractivity contribution in [2.75, 3.05) is 19.7 Å². The van der Waals surface area contributed by atoms with E-state index in [1.54, 1.807) is 17.8 Å². The van der Waals surface area contributed by atoms with Crippen LogP contribution in [0.4, 0.5) is 4.79 Å². The van der Waals surface area contributed by atoms with Crippen molar-refractivity contribution in [2.45, 2.75) is 25.8 Å². The summed E-state index contributed by atoms with van der Waals surface area (Å²) in [5.74, 6) is -0.378. The molecular formula is C12H17N3O4. The fourth-order valence-electron chi connectivity index (χ4n) is 2.18. The fraction of sp³-hybridized carbons (Fsp3) is 0.583. The number of esters is 1. The average molecular weight is 267 g/mol. The minimum absolute atomic E-state index is 0.138. The number of ether oxygens (including phenoxy) is 1. The van der Waals surface area contributed by atoms with Crippen LogP contribution in [0, 0.1) is 0 Å². The topological polar surface area (TPSA) is 84.7 Å². The van der Waals surface area contributed by atoms with Gasteiger partial charge in [-0.1, -0.05) is 0 Å². The Morgan fingerprint density at radius 3 is 2.74 bits per heavy atom. The van der Waals surface area contributed by atoms with E-state index in [2.05, 4.69) is 5.10 Å². The summed E-state index contributed by atoms with van der Waals surface area (Å²) in [6.07, 6.45) is 3.68. The maximum Gasteiger partial charge on any atom is 0.407 e. The number of hydrogen-bond donors (Lipinski definition) is 1. The van der Waals surface area contributed by atoms with Crippen molar-refractivity contribution in [3.05, 3.63) is 18.0 Å². The molecule has 2 heterocycles. The summed E-state index contributed by atoms with van der Waals surface area (Å²) in [4.78, 5) is 23.7. The number of piperidine rings is 1. The number of nitrogens with zero attached hydrogens (tertiary/aromatic N) is 3. The Morgan fingerprint density at radius 2 is 2.16 bits per heavy atom. The molecule has 0 spiro atoms. The van der Waals surface area contributed by atoms with E-state index < -0.39 is 6.09 Å². The lowest BCUT2D eigenvalue weighted by atomic mass is 10.1. The molecule has 2 rings (SSSR count). The smallest absolute Gasteiger partial charge is 0.407 e. The molecule has 1 saturated heterocycles. The van der Waals surface area contributed by atoms with Crippen LogP contribution >= 0.6 is 0 Å². The molecule has 19 heavy (non-hydrogen) atoms. The van der Waals surface area contributed by atoms with E-state index in [9.17, 15) is 9.59 Å². The Balaban J connectivity index is 1.97. The molecule has 104 valence electrons. The molecular weight excluding hydrogens is 250 g/mol. The van der Waals surface area contributed by atoms with E-state index in [1.165, 1.54) is 11.1 Å². The largest absolute Gasteiger partial charge is 0.465 e. The predicted octanol–water partition coefficient (Wildman–Crippen LogP) is 1.37. The lowest BCUT2D eigenvalue weighted by molar-refractivity contribution is 0.0526.